The van der Waals surface area contributed by atoms with Crippen molar-refractivity contribution in [2.45, 2.75) is 133 Å². The largest absolute Gasteiger partial charge is 0.475 e. The van der Waals surface area contributed by atoms with Crippen molar-refractivity contribution >= 4 is 41.8 Å². The molecule has 1 aliphatic heterocycles. The molecule has 5 aromatic carbocycles. The van der Waals surface area contributed by atoms with Crippen molar-refractivity contribution in [1.82, 2.24) is 0 Å². The molecule has 7 rings (SSSR count). The van der Waals surface area contributed by atoms with E-state index in [1.54, 1.807) is 0 Å². The molecule has 0 spiro atoms. The fourth-order valence-electron chi connectivity index (χ4n) is 9.94. The number of benzene rings is 5. The standard InChI is InChI=1S/C32H12BF24.C18H28NOP.C8H12.Ir/c34-25(35,36)13-1-14(26(37,38)39)6-21(5-13)33(22-7-15(27(40,41)42)2-16(8-22)28(43,44)45,23-9-17(29(46,47)48)3-18(10-23)30(49,50)51)24-11-19(31(52,53)54)4-20(12-24)32(55,56)57;1-17(2,3)21(18(4,5)6)13-15-12-20-16(19-15)14-10-8-7-9-11-14;1-2-4-6-8-7-5-3-1;/h1-12H;7-11,15H,12-13H2,1-6H3;1-2,7-8H,3-6H2;/q-1;;;/t;15-;;/m.0../s1. The molecular weight excluding hydrogens is 1420 g/mol. The van der Waals surface area contributed by atoms with Crippen LogP contribution in [-0.2, 0) is 74.3 Å². The van der Waals surface area contributed by atoms with E-state index in [-0.39, 0.29) is 28.0 Å². The monoisotopic (exact) mass is 1470 g/mol. The van der Waals surface area contributed by atoms with Crippen LogP contribution in [0.4, 0.5) is 105 Å². The maximum Gasteiger partial charge on any atom is 0.416 e. The average molecular weight is 1470 g/mol. The molecule has 481 valence electrons. The van der Waals surface area contributed by atoms with Crippen molar-refractivity contribution in [2.24, 2.45) is 4.99 Å². The maximum absolute atomic E-state index is 14.2. The molecule has 1 aliphatic carbocycles. The zero-order chi connectivity index (χ0) is 65.2. The van der Waals surface area contributed by atoms with Gasteiger partial charge in [0.15, 0.2) is 0 Å². The number of hydrogen-bond donors (Lipinski definition) is 0. The molecule has 0 unspecified atom stereocenters. The zero-order valence-electron chi connectivity index (χ0n) is 46.2. The first kappa shape index (κ1) is 74.5. The topological polar surface area (TPSA) is 21.6 Å². The smallest absolute Gasteiger partial charge is 0.416 e. The summed E-state index contributed by atoms with van der Waals surface area (Å²) in [5.41, 5.74) is -29.1. The third-order valence-corrected chi connectivity index (χ3v) is 17.5. The van der Waals surface area contributed by atoms with Crippen molar-refractivity contribution in [2.75, 3.05) is 12.8 Å². The van der Waals surface area contributed by atoms with E-state index in [1.807, 2.05) is 18.2 Å². The molecule has 2 nitrogen and oxygen atoms in total. The van der Waals surface area contributed by atoms with Gasteiger partial charge in [0, 0.05) is 25.7 Å². The third-order valence-electron chi connectivity index (χ3n) is 13.5. The van der Waals surface area contributed by atoms with Crippen LogP contribution in [-0.4, -0.2) is 41.2 Å². The van der Waals surface area contributed by atoms with Gasteiger partial charge in [-0.1, -0.05) is 116 Å². The maximum atomic E-state index is 14.2. The Balaban J connectivity index is 0.000000438. The van der Waals surface area contributed by atoms with Gasteiger partial charge in [-0.05, 0) is 104 Å². The molecule has 0 bridgehead atoms. The van der Waals surface area contributed by atoms with Crippen molar-refractivity contribution in [3.63, 3.8) is 0 Å². The average Bonchev–Trinajstić information content (AvgIpc) is 0.975. The quantitative estimate of drug-likeness (QED) is 0.0904. The van der Waals surface area contributed by atoms with Gasteiger partial charge in [-0.3, -0.25) is 0 Å². The number of alkyl halides is 24. The van der Waals surface area contributed by atoms with Crippen LogP contribution in [0.5, 0.6) is 0 Å². The van der Waals surface area contributed by atoms with Crippen molar-refractivity contribution in [3.05, 3.63) is 179 Å². The van der Waals surface area contributed by atoms with Gasteiger partial charge in [0.25, 0.3) is 0 Å². The first-order chi connectivity index (χ1) is 38.9. The van der Waals surface area contributed by atoms with Crippen molar-refractivity contribution < 1.29 is 130 Å². The van der Waals surface area contributed by atoms with Gasteiger partial charge in [0.1, 0.15) is 12.8 Å². The summed E-state index contributed by atoms with van der Waals surface area (Å²) < 4.78 is 347. The number of aliphatic imine (C=N–C) groups is 1. The number of ether oxygens (including phenoxy) is 1. The van der Waals surface area contributed by atoms with E-state index < -0.39 is 195 Å². The summed E-state index contributed by atoms with van der Waals surface area (Å²) in [6, 6.07) is 1.72. The van der Waals surface area contributed by atoms with E-state index in [0.717, 1.165) is 24.2 Å². The Morgan fingerprint density at radius 2 is 0.609 bits per heavy atom. The van der Waals surface area contributed by atoms with Crippen LogP contribution in [0.25, 0.3) is 0 Å². The molecule has 1 fully saturated rings. The van der Waals surface area contributed by atoms with Crippen LogP contribution < -0.4 is 21.9 Å². The molecular formula is C58H52BF24IrNOP-. The minimum Gasteiger partial charge on any atom is -0.475 e. The fourth-order valence-corrected chi connectivity index (χ4v) is 13.7. The minimum atomic E-state index is -6.13. The minimum absolute atomic E-state index is 0. The molecule has 1 atom stereocenters. The Kier molecular flexibility index (Phi) is 23.3. The van der Waals surface area contributed by atoms with Gasteiger partial charge >= 0.3 is 49.4 Å². The van der Waals surface area contributed by atoms with Gasteiger partial charge in [-0.2, -0.15) is 127 Å². The summed E-state index contributed by atoms with van der Waals surface area (Å²) in [5, 5.41) is 0.692. The second kappa shape index (κ2) is 27.2. The van der Waals surface area contributed by atoms with Gasteiger partial charge < -0.3 is 4.74 Å². The second-order valence-corrected chi connectivity index (χ2v) is 25.9. The van der Waals surface area contributed by atoms with Gasteiger partial charge in [-0.25, -0.2) is 4.99 Å². The summed E-state index contributed by atoms with van der Waals surface area (Å²) in [6.07, 6.45) is -39.7. The van der Waals surface area contributed by atoms with Crippen molar-refractivity contribution in [1.29, 1.82) is 0 Å². The van der Waals surface area contributed by atoms with Gasteiger partial charge in [0.05, 0.1) is 50.5 Å². The number of rotatable bonds is 7. The Morgan fingerprint density at radius 1 is 0.379 bits per heavy atom. The van der Waals surface area contributed by atoms with Crippen LogP contribution in [0.15, 0.2) is 108 Å². The molecule has 0 N–H and O–H groups in total. The number of nitrogens with zero attached hydrogens (tertiary/aromatic N) is 1. The molecule has 0 aromatic heterocycles. The molecule has 5 radical (unpaired) electrons. The Morgan fingerprint density at radius 3 is 0.816 bits per heavy atom. The molecule has 5 aromatic rings. The predicted octanol–water partition coefficient (Wildman–Crippen LogP) is 18.5. The SMILES string of the molecule is CC(C)(C)P(C[C@@H]1COC(c2ccccc2)=N1)C(C)(C)C.FC(F)(F)c1cc([B-](c2cc(C(F)(F)F)cc(C(F)(F)F)c2)(c2cc(C(F)(F)F)cc(C(F)(F)F)c2)c2cc(C(F)(F)F)cc(C(F)(F)F)c2)cc(C(F)(F)F)c1.[CH]1[CH]CC[CH][CH]CC1.[Ir]. The first-order valence-electron chi connectivity index (χ1n) is 25.6. The van der Waals surface area contributed by atoms with E-state index in [1.165, 1.54) is 25.7 Å². The van der Waals surface area contributed by atoms with E-state index >= 15 is 0 Å². The number of hydrogen-bond acceptors (Lipinski definition) is 2. The van der Waals surface area contributed by atoms with E-state index in [0.29, 0.717) is 16.4 Å². The molecule has 1 saturated carbocycles. The van der Waals surface area contributed by atoms with Crippen LogP contribution in [0.1, 0.15) is 117 Å². The Labute approximate surface area is 499 Å². The summed E-state index contributed by atoms with van der Waals surface area (Å²) in [6.45, 7) is 14.9. The zero-order valence-corrected chi connectivity index (χ0v) is 49.5. The molecule has 1 heterocycles. The molecule has 0 saturated heterocycles. The summed E-state index contributed by atoms with van der Waals surface area (Å²) in [5.74, 6) is 0.818. The molecule has 2 aliphatic rings. The van der Waals surface area contributed by atoms with Crippen LogP contribution in [0.2, 0.25) is 0 Å². The molecule has 87 heavy (non-hydrogen) atoms. The first-order valence-corrected chi connectivity index (χ1v) is 27.2. The van der Waals surface area contributed by atoms with E-state index in [9.17, 15) is 105 Å². The number of halogens is 24. The summed E-state index contributed by atoms with van der Waals surface area (Å²) in [4.78, 5) is 4.84. The Bertz CT molecular complexity index is 2650. The van der Waals surface area contributed by atoms with Crippen LogP contribution in [0.3, 0.4) is 0 Å². The molecule has 0 amide bonds. The molecule has 29 heteroatoms. The third kappa shape index (κ3) is 19.8. The fraction of sp³-hybridized carbons (Fsp3) is 0.397. The van der Waals surface area contributed by atoms with Crippen LogP contribution in [0, 0.1) is 25.7 Å². The van der Waals surface area contributed by atoms with E-state index in [2.05, 4.69) is 79.4 Å². The second-order valence-electron chi connectivity index (χ2n) is 22.0. The van der Waals surface area contributed by atoms with Gasteiger partial charge in [-0.15, -0.1) is 0 Å². The Hall–Kier alpha value is -4.97. The van der Waals surface area contributed by atoms with Crippen LogP contribution >= 0.6 is 7.92 Å². The summed E-state index contributed by atoms with van der Waals surface area (Å²) in [7, 11) is -0.129. The summed E-state index contributed by atoms with van der Waals surface area (Å²) >= 11 is 0. The van der Waals surface area contributed by atoms with Gasteiger partial charge in [0.2, 0.25) is 5.90 Å². The predicted molar refractivity (Wildman–Crippen MR) is 280 cm³/mol. The normalized spacial score (nSPS) is 16.3. The van der Waals surface area contributed by atoms with Crippen molar-refractivity contribution in [3.8, 4) is 0 Å². The van der Waals surface area contributed by atoms with E-state index in [4.69, 9.17) is 9.73 Å².